The summed E-state index contributed by atoms with van der Waals surface area (Å²) in [5.74, 6) is -1.16. The Kier molecular flexibility index (Phi) is 6.06. The number of hydrogen-bond acceptors (Lipinski definition) is 3. The van der Waals surface area contributed by atoms with Crippen molar-refractivity contribution in [2.45, 2.75) is 19.4 Å². The molecule has 0 saturated carbocycles. The summed E-state index contributed by atoms with van der Waals surface area (Å²) in [6.07, 6.45) is 0.671. The molecule has 0 saturated heterocycles. The zero-order valence-corrected chi connectivity index (χ0v) is 11.8. The van der Waals surface area contributed by atoms with Gasteiger partial charge < -0.3 is 15.2 Å². The number of hydrogen-bond donors (Lipinski definition) is 2. The van der Waals surface area contributed by atoms with Crippen molar-refractivity contribution < 1.29 is 19.4 Å². The molecule has 1 rings (SSSR count). The number of carbonyl (C=O) groups is 2. The molecule has 1 amide bonds. The molecule has 6 heteroatoms. The van der Waals surface area contributed by atoms with Crippen LogP contribution in [-0.4, -0.2) is 29.8 Å². The maximum Gasteiger partial charge on any atom is 0.408 e. The zero-order valence-electron chi connectivity index (χ0n) is 11.1. The molecule has 1 atom stereocenters. The Labute approximate surface area is 122 Å². The summed E-state index contributed by atoms with van der Waals surface area (Å²) in [6.45, 7) is 5.30. The molecule has 0 aliphatic rings. The van der Waals surface area contributed by atoms with Crippen LogP contribution >= 0.6 is 11.6 Å². The van der Waals surface area contributed by atoms with Gasteiger partial charge in [-0.3, -0.25) is 0 Å². The van der Waals surface area contributed by atoms with E-state index in [1.807, 2.05) is 13.0 Å². The Morgan fingerprint density at radius 2 is 2.25 bits per heavy atom. The van der Waals surface area contributed by atoms with Crippen LogP contribution < -0.4 is 5.32 Å². The average molecular weight is 298 g/mol. The van der Waals surface area contributed by atoms with Gasteiger partial charge >= 0.3 is 12.1 Å². The van der Waals surface area contributed by atoms with Crippen LogP contribution in [-0.2, 0) is 16.0 Å². The highest BCUT2D eigenvalue weighted by atomic mass is 35.5. The Morgan fingerprint density at radius 3 is 2.80 bits per heavy atom. The molecular weight excluding hydrogens is 282 g/mol. The number of aliphatic carboxylic acids is 1. The van der Waals surface area contributed by atoms with Gasteiger partial charge in [-0.15, -0.1) is 0 Å². The molecule has 0 fully saturated rings. The van der Waals surface area contributed by atoms with Gasteiger partial charge in [-0.05, 0) is 24.1 Å². The summed E-state index contributed by atoms with van der Waals surface area (Å²) in [5.41, 5.74) is 1.62. The van der Waals surface area contributed by atoms with Gasteiger partial charge in [0.1, 0.15) is 12.6 Å². The number of carbonyl (C=O) groups excluding carboxylic acids is 1. The highest BCUT2D eigenvalue weighted by Crippen LogP contribution is 2.19. The van der Waals surface area contributed by atoms with E-state index in [-0.39, 0.29) is 13.0 Å². The lowest BCUT2D eigenvalue weighted by Crippen LogP contribution is -2.42. The van der Waals surface area contributed by atoms with E-state index in [9.17, 15) is 9.59 Å². The predicted octanol–water partition coefficient (Wildman–Crippen LogP) is 2.56. The molecular formula is C14H16ClNO4. The van der Waals surface area contributed by atoms with Crippen molar-refractivity contribution >= 4 is 23.7 Å². The van der Waals surface area contributed by atoms with Gasteiger partial charge in [0.05, 0.1) is 0 Å². The van der Waals surface area contributed by atoms with Crippen molar-refractivity contribution in [2.24, 2.45) is 0 Å². The number of nitrogens with one attached hydrogen (secondary N) is 1. The normalized spacial score (nSPS) is 11.5. The number of ether oxygens (including phenoxy) is 1. The number of amides is 1. The first-order valence-electron chi connectivity index (χ1n) is 5.96. The minimum absolute atomic E-state index is 0.0173. The van der Waals surface area contributed by atoms with Crippen molar-refractivity contribution in [3.63, 3.8) is 0 Å². The van der Waals surface area contributed by atoms with Crippen LogP contribution in [0.15, 0.2) is 30.9 Å². The van der Waals surface area contributed by atoms with Crippen LogP contribution in [0.5, 0.6) is 0 Å². The first-order valence-corrected chi connectivity index (χ1v) is 6.34. The van der Waals surface area contributed by atoms with E-state index < -0.39 is 18.1 Å². The van der Waals surface area contributed by atoms with E-state index in [4.69, 9.17) is 21.4 Å². The summed E-state index contributed by atoms with van der Waals surface area (Å²) >= 11 is 6.05. The molecule has 0 heterocycles. The first-order chi connectivity index (χ1) is 9.43. The number of carboxylic acids is 1. The monoisotopic (exact) mass is 297 g/mol. The SMILES string of the molecule is C=CCOC(=O)N[C@@H](Cc1ccc(C)cc1Cl)C(=O)O. The molecule has 108 valence electrons. The van der Waals surface area contributed by atoms with Crippen molar-refractivity contribution in [2.75, 3.05) is 6.61 Å². The van der Waals surface area contributed by atoms with Crippen LogP contribution in [0, 0.1) is 6.92 Å². The predicted molar refractivity (Wildman–Crippen MR) is 76.0 cm³/mol. The van der Waals surface area contributed by atoms with Gasteiger partial charge in [-0.2, -0.15) is 0 Å². The van der Waals surface area contributed by atoms with Crippen LogP contribution in [0.2, 0.25) is 5.02 Å². The van der Waals surface area contributed by atoms with E-state index in [0.29, 0.717) is 10.6 Å². The van der Waals surface area contributed by atoms with E-state index in [1.54, 1.807) is 12.1 Å². The standard InChI is InChI=1S/C14H16ClNO4/c1-3-6-20-14(19)16-12(13(17)18)8-10-5-4-9(2)7-11(10)15/h3-5,7,12H,1,6,8H2,2H3,(H,16,19)(H,17,18)/t12-/m0/s1. The molecule has 0 aliphatic heterocycles. The number of rotatable bonds is 6. The topological polar surface area (TPSA) is 75.6 Å². The van der Waals surface area contributed by atoms with E-state index >= 15 is 0 Å². The number of halogens is 1. The van der Waals surface area contributed by atoms with Crippen molar-refractivity contribution in [3.05, 3.63) is 47.0 Å². The smallest absolute Gasteiger partial charge is 0.408 e. The Balaban J connectivity index is 2.74. The highest BCUT2D eigenvalue weighted by Gasteiger charge is 2.22. The third kappa shape index (κ3) is 4.93. The van der Waals surface area contributed by atoms with Crippen LogP contribution in [0.4, 0.5) is 4.79 Å². The fraction of sp³-hybridized carbons (Fsp3) is 0.286. The molecule has 0 unspecified atom stereocenters. The van der Waals surface area contributed by atoms with Gasteiger partial charge in [-0.25, -0.2) is 9.59 Å². The first kappa shape index (κ1) is 16.0. The van der Waals surface area contributed by atoms with Crippen LogP contribution in [0.25, 0.3) is 0 Å². The average Bonchev–Trinajstić information content (AvgIpc) is 2.38. The van der Waals surface area contributed by atoms with Gasteiger partial charge in [0.2, 0.25) is 0 Å². The quantitative estimate of drug-likeness (QED) is 0.791. The molecule has 1 aromatic rings. The molecule has 0 aromatic heterocycles. The van der Waals surface area contributed by atoms with Gasteiger partial charge in [0.25, 0.3) is 0 Å². The summed E-state index contributed by atoms with van der Waals surface area (Å²) in [5, 5.41) is 11.9. The van der Waals surface area contributed by atoms with Crippen LogP contribution in [0.1, 0.15) is 11.1 Å². The largest absolute Gasteiger partial charge is 0.480 e. The second-order valence-electron chi connectivity index (χ2n) is 4.22. The lowest BCUT2D eigenvalue weighted by Gasteiger charge is -2.15. The number of aryl methyl sites for hydroxylation is 1. The number of carboxylic acid groups (broad SMARTS) is 1. The lowest BCUT2D eigenvalue weighted by atomic mass is 10.0. The Morgan fingerprint density at radius 1 is 1.55 bits per heavy atom. The molecule has 20 heavy (non-hydrogen) atoms. The minimum atomic E-state index is -1.16. The van der Waals surface area contributed by atoms with Gasteiger partial charge in [0, 0.05) is 11.4 Å². The fourth-order valence-electron chi connectivity index (χ4n) is 1.56. The highest BCUT2D eigenvalue weighted by molar-refractivity contribution is 6.31. The van der Waals surface area contributed by atoms with Crippen LogP contribution in [0.3, 0.4) is 0 Å². The van der Waals surface area contributed by atoms with E-state index in [1.165, 1.54) is 6.08 Å². The molecule has 0 radical (unpaired) electrons. The fourth-order valence-corrected chi connectivity index (χ4v) is 1.87. The molecule has 2 N–H and O–H groups in total. The molecule has 5 nitrogen and oxygen atoms in total. The van der Waals surface area contributed by atoms with Crippen molar-refractivity contribution in [1.82, 2.24) is 5.32 Å². The minimum Gasteiger partial charge on any atom is -0.480 e. The van der Waals surface area contributed by atoms with Gasteiger partial charge in [-0.1, -0.05) is 36.4 Å². The summed E-state index contributed by atoms with van der Waals surface area (Å²) < 4.78 is 4.69. The van der Waals surface area contributed by atoms with Crippen molar-refractivity contribution in [1.29, 1.82) is 0 Å². The molecule has 1 aromatic carbocycles. The van der Waals surface area contributed by atoms with E-state index in [2.05, 4.69) is 11.9 Å². The van der Waals surface area contributed by atoms with E-state index in [0.717, 1.165) is 5.56 Å². The second-order valence-corrected chi connectivity index (χ2v) is 4.63. The third-order valence-electron chi connectivity index (χ3n) is 2.56. The summed E-state index contributed by atoms with van der Waals surface area (Å²) in [7, 11) is 0. The third-order valence-corrected chi connectivity index (χ3v) is 2.91. The van der Waals surface area contributed by atoms with Crippen molar-refractivity contribution in [3.8, 4) is 0 Å². The maximum atomic E-state index is 11.4. The maximum absolute atomic E-state index is 11.4. The Hall–Kier alpha value is -2.01. The zero-order chi connectivity index (χ0) is 15.1. The Bertz CT molecular complexity index is 516. The number of alkyl carbamates (subject to hydrolysis) is 1. The molecule has 0 spiro atoms. The molecule has 0 aliphatic carbocycles. The molecule has 0 bridgehead atoms. The van der Waals surface area contributed by atoms with Gasteiger partial charge in [0.15, 0.2) is 0 Å². The second kappa shape index (κ2) is 7.55. The summed E-state index contributed by atoms with van der Waals surface area (Å²) in [6, 6.07) is 4.21. The summed E-state index contributed by atoms with van der Waals surface area (Å²) in [4.78, 5) is 22.5. The number of benzene rings is 1. The lowest BCUT2D eigenvalue weighted by molar-refractivity contribution is -0.139.